The lowest BCUT2D eigenvalue weighted by Crippen LogP contribution is -2.30. The number of hydrogen-bond donors (Lipinski definition) is 3. The number of piperidine rings is 1. The van der Waals surface area contributed by atoms with Gasteiger partial charge < -0.3 is 25.7 Å². The van der Waals surface area contributed by atoms with Crippen LogP contribution in [0.5, 0.6) is 5.75 Å². The van der Waals surface area contributed by atoms with Gasteiger partial charge in [-0.1, -0.05) is 6.07 Å². The van der Waals surface area contributed by atoms with Crippen molar-refractivity contribution in [3.8, 4) is 17.0 Å². The van der Waals surface area contributed by atoms with Gasteiger partial charge in [0.1, 0.15) is 23.5 Å². The lowest BCUT2D eigenvalue weighted by atomic mass is 10.1. The summed E-state index contributed by atoms with van der Waals surface area (Å²) in [5.41, 5.74) is 9.42. The second-order valence-electron chi connectivity index (χ2n) is 8.08. The molecule has 170 valence electrons. The molecule has 4 heterocycles. The van der Waals surface area contributed by atoms with Crippen LogP contribution in [-0.4, -0.2) is 50.4 Å². The quantitative estimate of drug-likeness (QED) is 0.430. The molecule has 0 saturated carbocycles. The molecule has 1 aromatic carbocycles. The van der Waals surface area contributed by atoms with E-state index in [9.17, 15) is 4.79 Å². The molecule has 0 atom stereocenters. The Bertz CT molecular complexity index is 1320. The lowest BCUT2D eigenvalue weighted by Gasteiger charge is -2.23. The number of anilines is 2. The number of rotatable bonds is 5. The highest BCUT2D eigenvalue weighted by atomic mass is 16.5. The molecule has 10 heteroatoms. The number of carbonyl (C=O) groups excluding carboxylic acids is 1. The van der Waals surface area contributed by atoms with Gasteiger partial charge in [0.05, 0.1) is 24.2 Å². The van der Waals surface area contributed by atoms with E-state index in [2.05, 4.69) is 20.6 Å². The summed E-state index contributed by atoms with van der Waals surface area (Å²) in [5.74, 6) is 0.626. The number of para-hydroxylation sites is 1. The minimum absolute atomic E-state index is 0.211. The summed E-state index contributed by atoms with van der Waals surface area (Å²) in [6, 6.07) is 9.35. The molecule has 10 nitrogen and oxygen atoms in total. The molecule has 4 aromatic rings. The second kappa shape index (κ2) is 8.55. The summed E-state index contributed by atoms with van der Waals surface area (Å²) in [6.07, 6.45) is 5.19. The van der Waals surface area contributed by atoms with Crippen LogP contribution in [0.15, 0.2) is 42.9 Å². The summed E-state index contributed by atoms with van der Waals surface area (Å²) in [6.45, 7) is 1.85. The maximum Gasteiger partial charge on any atom is 0.272 e. The molecule has 33 heavy (non-hydrogen) atoms. The Morgan fingerprint density at radius 1 is 1.21 bits per heavy atom. The number of ether oxygens (including phenoxy) is 1. The maximum atomic E-state index is 12.8. The van der Waals surface area contributed by atoms with E-state index >= 15 is 0 Å². The third kappa shape index (κ3) is 3.68. The number of benzene rings is 1. The second-order valence-corrected chi connectivity index (χ2v) is 8.08. The highest BCUT2D eigenvalue weighted by Gasteiger charge is 2.26. The molecule has 1 aliphatic heterocycles. The van der Waals surface area contributed by atoms with Crippen molar-refractivity contribution >= 4 is 28.4 Å². The number of nitrogens with zero attached hydrogens (tertiary/aromatic N) is 5. The number of fused-ring (bicyclic) bond motifs is 1. The zero-order valence-electron chi connectivity index (χ0n) is 18.6. The largest absolute Gasteiger partial charge is 0.494 e. The highest BCUT2D eigenvalue weighted by Crippen LogP contribution is 2.41. The molecule has 1 fully saturated rings. The molecule has 5 rings (SSSR count). The Balaban J connectivity index is 1.62. The standard InChI is InChI=1S/C23H26N8O2/c1-30-12-4-7-17(30)23(32)28-16-6-3-5-15(20(16)33-2)19-18-21(24)26-13-27-22(18)31(29-19)14-8-10-25-11-9-14/h3-7,12-14,25H,8-11H2,1-2H3,(H,28,32)(H2,24,26,27). The normalized spacial score (nSPS) is 14.5. The summed E-state index contributed by atoms with van der Waals surface area (Å²) in [4.78, 5) is 21.6. The number of nitrogens with two attached hydrogens (primary N) is 1. The number of nitrogens with one attached hydrogen (secondary N) is 2. The summed E-state index contributed by atoms with van der Waals surface area (Å²) < 4.78 is 9.48. The van der Waals surface area contributed by atoms with Crippen molar-refractivity contribution < 1.29 is 9.53 Å². The van der Waals surface area contributed by atoms with E-state index in [1.165, 1.54) is 6.33 Å². The van der Waals surface area contributed by atoms with Gasteiger partial charge in [-0.15, -0.1) is 0 Å². The van der Waals surface area contributed by atoms with Crippen molar-refractivity contribution in [3.63, 3.8) is 0 Å². The van der Waals surface area contributed by atoms with Crippen molar-refractivity contribution in [2.24, 2.45) is 7.05 Å². The Hall–Kier alpha value is -3.92. The maximum absolute atomic E-state index is 12.8. The van der Waals surface area contributed by atoms with Gasteiger partial charge in [-0.2, -0.15) is 5.10 Å². The topological polar surface area (TPSA) is 125 Å². The number of aromatic nitrogens is 5. The van der Waals surface area contributed by atoms with Crippen molar-refractivity contribution in [1.82, 2.24) is 29.6 Å². The van der Waals surface area contributed by atoms with Crippen molar-refractivity contribution in [2.45, 2.75) is 18.9 Å². The molecule has 1 aliphatic rings. The van der Waals surface area contributed by atoms with Crippen molar-refractivity contribution in [2.75, 3.05) is 31.2 Å². The monoisotopic (exact) mass is 446 g/mol. The highest BCUT2D eigenvalue weighted by molar-refractivity contribution is 6.06. The van der Waals surface area contributed by atoms with Crippen LogP contribution in [0.3, 0.4) is 0 Å². The lowest BCUT2D eigenvalue weighted by molar-refractivity contribution is 0.101. The smallest absolute Gasteiger partial charge is 0.272 e. The Morgan fingerprint density at radius 3 is 2.76 bits per heavy atom. The van der Waals surface area contributed by atoms with Crippen LogP contribution in [-0.2, 0) is 7.05 Å². The minimum atomic E-state index is -0.231. The average molecular weight is 447 g/mol. The summed E-state index contributed by atoms with van der Waals surface area (Å²) >= 11 is 0. The fraction of sp³-hybridized carbons (Fsp3) is 0.304. The van der Waals surface area contributed by atoms with Crippen molar-refractivity contribution in [3.05, 3.63) is 48.5 Å². The van der Waals surface area contributed by atoms with Crippen LogP contribution >= 0.6 is 0 Å². The molecule has 0 unspecified atom stereocenters. The number of nitrogen functional groups attached to an aromatic ring is 1. The Morgan fingerprint density at radius 2 is 2.03 bits per heavy atom. The van der Waals surface area contributed by atoms with E-state index in [-0.39, 0.29) is 11.9 Å². The number of methoxy groups -OCH3 is 1. The summed E-state index contributed by atoms with van der Waals surface area (Å²) in [7, 11) is 3.40. The van der Waals surface area contributed by atoms with Gasteiger partial charge >= 0.3 is 0 Å². The first-order chi connectivity index (χ1) is 16.1. The summed E-state index contributed by atoms with van der Waals surface area (Å²) in [5, 5.41) is 12.0. The predicted octanol–water partition coefficient (Wildman–Crippen LogP) is 2.60. The van der Waals surface area contributed by atoms with E-state index in [0.29, 0.717) is 45.2 Å². The Labute approximate surface area is 190 Å². The molecule has 0 aliphatic carbocycles. The first kappa shape index (κ1) is 21.0. The third-order valence-electron chi connectivity index (χ3n) is 6.07. The first-order valence-corrected chi connectivity index (χ1v) is 10.9. The third-order valence-corrected chi connectivity index (χ3v) is 6.07. The van der Waals surface area contributed by atoms with Crippen LogP contribution in [0.2, 0.25) is 0 Å². The molecule has 4 N–H and O–H groups in total. The van der Waals surface area contributed by atoms with Crippen LogP contribution in [0, 0.1) is 0 Å². The van der Waals surface area contributed by atoms with Gasteiger partial charge in [0.2, 0.25) is 0 Å². The molecule has 1 amide bonds. The van der Waals surface area contributed by atoms with Gasteiger partial charge in [-0.05, 0) is 50.2 Å². The van der Waals surface area contributed by atoms with Crippen LogP contribution < -0.4 is 21.1 Å². The Kier molecular flexibility index (Phi) is 5.43. The van der Waals surface area contributed by atoms with Crippen molar-refractivity contribution in [1.29, 1.82) is 0 Å². The molecule has 0 spiro atoms. The van der Waals surface area contributed by atoms with Gasteiger partial charge in [0.25, 0.3) is 5.91 Å². The molecule has 3 aromatic heterocycles. The fourth-order valence-electron chi connectivity index (χ4n) is 4.41. The first-order valence-electron chi connectivity index (χ1n) is 10.9. The van der Waals surface area contributed by atoms with E-state index in [0.717, 1.165) is 25.9 Å². The van der Waals surface area contributed by atoms with Gasteiger partial charge in [0.15, 0.2) is 11.4 Å². The fourth-order valence-corrected chi connectivity index (χ4v) is 4.41. The van der Waals surface area contributed by atoms with Crippen LogP contribution in [0.1, 0.15) is 29.4 Å². The van der Waals surface area contributed by atoms with E-state index in [1.54, 1.807) is 23.8 Å². The van der Waals surface area contributed by atoms with Crippen LogP contribution in [0.4, 0.5) is 11.5 Å². The van der Waals surface area contributed by atoms with Gasteiger partial charge in [0, 0.05) is 18.8 Å². The van der Waals surface area contributed by atoms with E-state index in [4.69, 9.17) is 15.6 Å². The van der Waals surface area contributed by atoms with Gasteiger partial charge in [-0.3, -0.25) is 4.79 Å². The predicted molar refractivity (Wildman–Crippen MR) is 126 cm³/mol. The molecular formula is C23H26N8O2. The molecule has 1 saturated heterocycles. The average Bonchev–Trinajstić information content (AvgIpc) is 3.44. The number of carbonyl (C=O) groups is 1. The zero-order valence-corrected chi connectivity index (χ0v) is 18.6. The van der Waals surface area contributed by atoms with E-state index < -0.39 is 0 Å². The zero-order chi connectivity index (χ0) is 22.9. The molecular weight excluding hydrogens is 420 g/mol. The molecule has 0 radical (unpaired) electrons. The SMILES string of the molecule is COc1c(NC(=O)c2cccn2C)cccc1-c1nn(C2CCNCC2)c2ncnc(N)c12. The number of hydrogen-bond acceptors (Lipinski definition) is 7. The van der Waals surface area contributed by atoms with Crippen LogP contribution in [0.25, 0.3) is 22.3 Å². The van der Waals surface area contributed by atoms with E-state index in [1.807, 2.05) is 36.1 Å². The molecule has 0 bridgehead atoms. The number of aryl methyl sites for hydroxylation is 1. The number of amides is 1. The van der Waals surface area contributed by atoms with Gasteiger partial charge in [-0.25, -0.2) is 14.6 Å². The minimum Gasteiger partial charge on any atom is -0.494 e.